The summed E-state index contributed by atoms with van der Waals surface area (Å²) in [4.78, 5) is 46.5. The molecule has 0 aliphatic rings. The molecule has 0 radical (unpaired) electrons. The minimum absolute atomic E-state index is 0. The first-order valence-corrected chi connectivity index (χ1v) is 20.1. The van der Waals surface area contributed by atoms with Crippen molar-refractivity contribution in [2.45, 2.75) is 80.6 Å². The van der Waals surface area contributed by atoms with E-state index in [2.05, 4.69) is 43.8 Å². The number of ether oxygens (including phenoxy) is 5. The third-order valence-corrected chi connectivity index (χ3v) is 9.37. The van der Waals surface area contributed by atoms with E-state index in [1.54, 1.807) is 19.2 Å². The van der Waals surface area contributed by atoms with E-state index in [0.717, 1.165) is 22.4 Å². The van der Waals surface area contributed by atoms with E-state index in [-0.39, 0.29) is 94.9 Å². The molecule has 0 bridgehead atoms. The lowest BCUT2D eigenvalue weighted by molar-refractivity contribution is 0.100. The summed E-state index contributed by atoms with van der Waals surface area (Å²) < 4.78 is 27.9. The Morgan fingerprint density at radius 1 is 0.500 bits per heavy atom. The number of aromatic hydroxyl groups is 1. The largest absolute Gasteiger partial charge is 0.507 e. The zero-order valence-corrected chi connectivity index (χ0v) is 38.0. The molecule has 66 heavy (non-hydrogen) atoms. The predicted octanol–water partition coefficient (Wildman–Crippen LogP) is 8.43. The minimum atomic E-state index is -0.265. The summed E-state index contributed by atoms with van der Waals surface area (Å²) in [5.74, 6) is 4.49. The Hall–Kier alpha value is -8.16. The number of anilines is 6. The van der Waals surface area contributed by atoms with Crippen molar-refractivity contribution in [1.29, 1.82) is 0 Å². The minimum Gasteiger partial charge on any atom is -0.507 e. The smallest absolute Gasteiger partial charge is 0.222 e. The van der Waals surface area contributed by atoms with Crippen LogP contribution in [0.25, 0.3) is 0 Å². The van der Waals surface area contributed by atoms with Crippen LogP contribution in [-0.4, -0.2) is 60.8 Å². The number of methoxy groups -OCH3 is 2. The molecular formula is C46H60N12O8. The third-order valence-electron chi connectivity index (χ3n) is 9.37. The highest BCUT2D eigenvalue weighted by Crippen LogP contribution is 2.39. The number of hydrogen-bond acceptors (Lipinski definition) is 20. The molecule has 3 aromatic heterocycles. The van der Waals surface area contributed by atoms with Crippen molar-refractivity contribution in [3.05, 3.63) is 88.9 Å². The number of phenols is 1. The Balaban J connectivity index is 0.000000261. The molecule has 352 valence electrons. The lowest BCUT2D eigenvalue weighted by Gasteiger charge is -2.17. The topological polar surface area (TPSA) is 334 Å². The second kappa shape index (κ2) is 23.0. The number of carbonyl (C=O) groups is 2. The first kappa shape index (κ1) is 52.2. The Morgan fingerprint density at radius 2 is 0.879 bits per heavy atom. The lowest BCUT2D eigenvalue weighted by Crippen LogP contribution is -2.05. The van der Waals surface area contributed by atoms with Gasteiger partial charge in [-0.1, -0.05) is 49.0 Å². The van der Waals surface area contributed by atoms with E-state index >= 15 is 0 Å². The van der Waals surface area contributed by atoms with Gasteiger partial charge in [0.2, 0.25) is 17.8 Å². The summed E-state index contributed by atoms with van der Waals surface area (Å²) in [7, 11) is 3.16. The maximum absolute atomic E-state index is 11.8. The van der Waals surface area contributed by atoms with Crippen LogP contribution in [0.5, 0.6) is 51.7 Å². The molecule has 6 aromatic rings. The number of nitrogen functional groups attached to an aromatic ring is 6. The number of benzene rings is 3. The molecule has 20 heteroatoms. The normalized spacial score (nSPS) is 10.5. The average Bonchev–Trinajstić information content (AvgIpc) is 3.24. The molecule has 0 atom stereocenters. The van der Waals surface area contributed by atoms with Crippen LogP contribution in [0.1, 0.15) is 118 Å². The molecule has 0 aliphatic heterocycles. The molecule has 0 aliphatic carbocycles. The van der Waals surface area contributed by atoms with E-state index in [9.17, 15) is 14.7 Å². The van der Waals surface area contributed by atoms with Crippen LogP contribution in [0, 0.1) is 0 Å². The van der Waals surface area contributed by atoms with Crippen molar-refractivity contribution in [2.24, 2.45) is 0 Å². The van der Waals surface area contributed by atoms with Gasteiger partial charge in [0, 0.05) is 16.7 Å². The fourth-order valence-corrected chi connectivity index (χ4v) is 5.95. The Kier molecular flexibility index (Phi) is 18.2. The molecule has 0 saturated carbocycles. The van der Waals surface area contributed by atoms with Crippen molar-refractivity contribution in [2.75, 3.05) is 48.6 Å². The van der Waals surface area contributed by atoms with Gasteiger partial charge in [-0.05, 0) is 74.1 Å². The van der Waals surface area contributed by atoms with Gasteiger partial charge in [0.15, 0.2) is 46.3 Å². The van der Waals surface area contributed by atoms with Crippen molar-refractivity contribution in [1.82, 2.24) is 29.9 Å². The molecule has 20 nitrogen and oxygen atoms in total. The standard InChI is InChI=1S/C16H20N4O3.C15H18N4O3.C14H18N4O2.CH4/c1-8(2)10-5-12(22-4)11(9(3)21)6-13(10)23-14-7-19-16(18)20-15(14)17;1-7(2)9-4-11(21)10(8(3)20)5-12(9)22-13-6-18-15(17)19-14(13)16;1-8(2)10-6-9(19-3)4-5-11(10)20-12-7-17-14(16)18-13(12)15;/h5-8H,1-4H3,(H4,17,18,19,20);4-7,21H,1-3H3,(H4,16,17,18,19);4-8H,1-3H3,(H4,15,16,17,18);1H4. The number of nitrogens with zero attached hydrogens (tertiary/aromatic N) is 6. The second-order valence-electron chi connectivity index (χ2n) is 15.2. The molecular weight excluding hydrogens is 849 g/mol. The van der Waals surface area contributed by atoms with Gasteiger partial charge >= 0.3 is 0 Å². The number of nitrogens with two attached hydrogens (primary N) is 6. The van der Waals surface area contributed by atoms with E-state index in [4.69, 9.17) is 58.1 Å². The molecule has 13 N–H and O–H groups in total. The van der Waals surface area contributed by atoms with Gasteiger partial charge in [-0.25, -0.2) is 15.0 Å². The number of aromatic nitrogens is 6. The van der Waals surface area contributed by atoms with Crippen LogP contribution in [0.2, 0.25) is 0 Å². The molecule has 3 heterocycles. The van der Waals surface area contributed by atoms with Crippen LogP contribution >= 0.6 is 0 Å². The number of ketones is 2. The zero-order chi connectivity index (χ0) is 48.3. The number of carbonyl (C=O) groups excluding carboxylic acids is 2. The number of rotatable bonds is 13. The second-order valence-corrected chi connectivity index (χ2v) is 15.2. The highest BCUT2D eigenvalue weighted by Gasteiger charge is 2.20. The lowest BCUT2D eigenvalue weighted by atomic mass is 9.98. The summed E-state index contributed by atoms with van der Waals surface area (Å²) >= 11 is 0. The quantitative estimate of drug-likeness (QED) is 0.0534. The van der Waals surface area contributed by atoms with Crippen LogP contribution in [0.15, 0.2) is 61.1 Å². The van der Waals surface area contributed by atoms with Gasteiger partial charge in [-0.3, -0.25) is 9.59 Å². The van der Waals surface area contributed by atoms with Gasteiger partial charge in [0.25, 0.3) is 0 Å². The zero-order valence-electron chi connectivity index (χ0n) is 38.0. The van der Waals surface area contributed by atoms with E-state index in [1.807, 2.05) is 45.9 Å². The summed E-state index contributed by atoms with van der Waals surface area (Å²) in [5.41, 5.74) is 36.9. The van der Waals surface area contributed by atoms with Gasteiger partial charge in [-0.15, -0.1) is 0 Å². The monoisotopic (exact) mass is 908 g/mol. The summed E-state index contributed by atoms with van der Waals surface area (Å²) in [6.45, 7) is 14.9. The first-order chi connectivity index (χ1) is 30.6. The predicted molar refractivity (Wildman–Crippen MR) is 256 cm³/mol. The number of phenolic OH excluding ortho intramolecular Hbond substituents is 1. The Labute approximate surface area is 384 Å². The third kappa shape index (κ3) is 13.4. The molecule has 0 fully saturated rings. The number of hydrogen-bond donors (Lipinski definition) is 7. The van der Waals surface area contributed by atoms with Crippen molar-refractivity contribution < 1.29 is 38.4 Å². The average molecular weight is 909 g/mol. The van der Waals surface area contributed by atoms with Gasteiger partial charge in [0.05, 0.1) is 43.9 Å². The van der Waals surface area contributed by atoms with E-state index < -0.39 is 0 Å². The Morgan fingerprint density at radius 3 is 1.24 bits per heavy atom. The van der Waals surface area contributed by atoms with Crippen LogP contribution in [-0.2, 0) is 0 Å². The van der Waals surface area contributed by atoms with Crippen molar-refractivity contribution >= 4 is 46.9 Å². The fraction of sp³-hybridized carbons (Fsp3) is 0.304. The summed E-state index contributed by atoms with van der Waals surface area (Å²) in [6, 6.07) is 12.1. The molecule has 0 saturated heterocycles. The maximum Gasteiger partial charge on any atom is 0.222 e. The first-order valence-electron chi connectivity index (χ1n) is 20.1. The maximum atomic E-state index is 11.8. The summed E-state index contributed by atoms with van der Waals surface area (Å²) in [5, 5.41) is 9.95. The molecule has 3 aromatic carbocycles. The van der Waals surface area contributed by atoms with Gasteiger partial charge < -0.3 is 63.2 Å². The van der Waals surface area contributed by atoms with Crippen LogP contribution < -0.4 is 58.1 Å². The summed E-state index contributed by atoms with van der Waals surface area (Å²) in [6.07, 6.45) is 4.23. The molecule has 0 unspecified atom stereocenters. The van der Waals surface area contributed by atoms with E-state index in [0.29, 0.717) is 34.3 Å². The van der Waals surface area contributed by atoms with Crippen molar-refractivity contribution in [3.63, 3.8) is 0 Å². The molecule has 6 rings (SSSR count). The van der Waals surface area contributed by atoms with Gasteiger partial charge in [-0.2, -0.15) is 15.0 Å². The van der Waals surface area contributed by atoms with Crippen LogP contribution in [0.4, 0.5) is 35.3 Å². The highest BCUT2D eigenvalue weighted by molar-refractivity contribution is 5.98. The van der Waals surface area contributed by atoms with Crippen molar-refractivity contribution in [3.8, 4) is 51.7 Å². The van der Waals surface area contributed by atoms with Crippen LogP contribution in [0.3, 0.4) is 0 Å². The molecule has 0 spiro atoms. The fourth-order valence-electron chi connectivity index (χ4n) is 5.95. The highest BCUT2D eigenvalue weighted by atomic mass is 16.5. The molecule has 0 amide bonds. The van der Waals surface area contributed by atoms with Gasteiger partial charge in [0.1, 0.15) is 34.5 Å². The number of Topliss-reactive ketones (excluding diaryl/α,β-unsaturated/α-hetero) is 2. The van der Waals surface area contributed by atoms with E-state index in [1.165, 1.54) is 51.7 Å². The SMILES string of the molecule is C.CC(=O)c1cc(Oc2cnc(N)nc2N)c(C(C)C)cc1O.COc1cc(C(C)C)c(Oc2cnc(N)nc2N)cc1C(C)=O.COc1ccc(Oc2cnc(N)nc2N)c(C(C)C)c1. The Bertz CT molecular complexity index is 2660.